The summed E-state index contributed by atoms with van der Waals surface area (Å²) < 4.78 is 32.0. The Bertz CT molecular complexity index is 649. The molecule has 2 nitrogen and oxygen atoms in total. The Morgan fingerprint density at radius 1 is 1.11 bits per heavy atom. The van der Waals surface area contributed by atoms with E-state index in [-0.39, 0.29) is 21.5 Å². The summed E-state index contributed by atoms with van der Waals surface area (Å²) in [5.74, 6) is -0.986. The zero-order chi connectivity index (χ0) is 14.0. The number of benzene rings is 2. The molecule has 6 heteroatoms. The van der Waals surface area contributed by atoms with Gasteiger partial charge in [0.25, 0.3) is 0 Å². The number of rotatable bonds is 3. The molecule has 0 bridgehead atoms. The first-order chi connectivity index (χ1) is 8.97. The van der Waals surface area contributed by atoms with Crippen molar-refractivity contribution in [2.24, 2.45) is 5.73 Å². The number of ether oxygens (including phenoxy) is 1. The highest BCUT2D eigenvalue weighted by molar-refractivity contribution is 7.80. The Morgan fingerprint density at radius 2 is 1.84 bits per heavy atom. The molecule has 0 saturated heterocycles. The van der Waals surface area contributed by atoms with E-state index in [2.05, 4.69) is 0 Å². The molecule has 0 aliphatic carbocycles. The molecule has 98 valence electrons. The molecule has 0 fully saturated rings. The van der Waals surface area contributed by atoms with Crippen LogP contribution >= 0.6 is 23.8 Å². The minimum absolute atomic E-state index is 0.0253. The smallest absolute Gasteiger partial charge is 0.166 e. The summed E-state index contributed by atoms with van der Waals surface area (Å²) in [5.41, 5.74) is 5.79. The van der Waals surface area contributed by atoms with Gasteiger partial charge in [-0.15, -0.1) is 0 Å². The molecular formula is C13H8ClF2NOS. The van der Waals surface area contributed by atoms with Gasteiger partial charge in [-0.25, -0.2) is 8.78 Å². The van der Waals surface area contributed by atoms with Crippen molar-refractivity contribution >= 4 is 28.8 Å². The molecule has 0 heterocycles. The van der Waals surface area contributed by atoms with Crippen LogP contribution in [0.1, 0.15) is 5.56 Å². The predicted molar refractivity (Wildman–Crippen MR) is 73.8 cm³/mol. The second-order valence-electron chi connectivity index (χ2n) is 3.69. The molecule has 2 aromatic rings. The summed E-state index contributed by atoms with van der Waals surface area (Å²) in [6.45, 7) is 0. The number of thiocarbonyl (C=S) groups is 1. The average Bonchev–Trinajstić information content (AvgIpc) is 2.36. The second kappa shape index (κ2) is 5.50. The van der Waals surface area contributed by atoms with E-state index in [1.807, 2.05) is 0 Å². The molecule has 2 rings (SSSR count). The van der Waals surface area contributed by atoms with Gasteiger partial charge >= 0.3 is 0 Å². The van der Waals surface area contributed by atoms with E-state index in [0.29, 0.717) is 5.56 Å². The fourth-order valence-electron chi connectivity index (χ4n) is 1.40. The van der Waals surface area contributed by atoms with Gasteiger partial charge in [-0.2, -0.15) is 0 Å². The third kappa shape index (κ3) is 3.19. The fourth-order valence-corrected chi connectivity index (χ4v) is 1.70. The van der Waals surface area contributed by atoms with E-state index in [1.54, 1.807) is 0 Å². The van der Waals surface area contributed by atoms with Gasteiger partial charge in [0, 0.05) is 11.6 Å². The van der Waals surface area contributed by atoms with Crippen LogP contribution in [-0.4, -0.2) is 4.99 Å². The number of hydrogen-bond donors (Lipinski definition) is 1. The quantitative estimate of drug-likeness (QED) is 0.869. The SMILES string of the molecule is NC(=S)c1ccc(Oc2ccc(F)c(Cl)c2)c(F)c1. The molecule has 0 aliphatic heterocycles. The van der Waals surface area contributed by atoms with Crippen LogP contribution in [0.25, 0.3) is 0 Å². The maximum Gasteiger partial charge on any atom is 0.166 e. The Hall–Kier alpha value is -1.72. The zero-order valence-corrected chi connectivity index (χ0v) is 11.1. The second-order valence-corrected chi connectivity index (χ2v) is 4.53. The molecular weight excluding hydrogens is 292 g/mol. The van der Waals surface area contributed by atoms with Crippen molar-refractivity contribution in [2.45, 2.75) is 0 Å². The van der Waals surface area contributed by atoms with Crippen LogP contribution in [0.15, 0.2) is 36.4 Å². The molecule has 0 atom stereocenters. The van der Waals surface area contributed by atoms with Crippen LogP contribution in [0.5, 0.6) is 11.5 Å². The van der Waals surface area contributed by atoms with Gasteiger partial charge in [0.1, 0.15) is 16.6 Å². The highest BCUT2D eigenvalue weighted by Gasteiger charge is 2.09. The van der Waals surface area contributed by atoms with Gasteiger partial charge in [0.05, 0.1) is 5.02 Å². The van der Waals surface area contributed by atoms with Gasteiger partial charge in [0.2, 0.25) is 0 Å². The summed E-state index contributed by atoms with van der Waals surface area (Å²) in [7, 11) is 0. The lowest BCUT2D eigenvalue weighted by Crippen LogP contribution is -2.09. The lowest BCUT2D eigenvalue weighted by molar-refractivity contribution is 0.441. The Morgan fingerprint density at radius 3 is 2.42 bits per heavy atom. The first-order valence-corrected chi connectivity index (χ1v) is 5.98. The first-order valence-electron chi connectivity index (χ1n) is 5.19. The van der Waals surface area contributed by atoms with E-state index >= 15 is 0 Å². The molecule has 0 aromatic heterocycles. The summed E-state index contributed by atoms with van der Waals surface area (Å²) >= 11 is 10.3. The number of hydrogen-bond acceptors (Lipinski definition) is 2. The van der Waals surface area contributed by atoms with E-state index in [1.165, 1.54) is 30.3 Å². The Labute approximate surface area is 118 Å². The van der Waals surface area contributed by atoms with Gasteiger partial charge < -0.3 is 10.5 Å². The third-order valence-electron chi connectivity index (χ3n) is 2.34. The summed E-state index contributed by atoms with van der Waals surface area (Å²) in [6.07, 6.45) is 0. The first kappa shape index (κ1) is 13.7. The van der Waals surface area contributed by atoms with Crippen molar-refractivity contribution in [2.75, 3.05) is 0 Å². The minimum atomic E-state index is -0.620. The largest absolute Gasteiger partial charge is 0.454 e. The molecule has 0 unspecified atom stereocenters. The lowest BCUT2D eigenvalue weighted by atomic mass is 10.2. The average molecular weight is 300 g/mol. The Kier molecular flexibility index (Phi) is 3.97. The molecule has 0 radical (unpaired) electrons. The van der Waals surface area contributed by atoms with Gasteiger partial charge in [-0.1, -0.05) is 23.8 Å². The highest BCUT2D eigenvalue weighted by Crippen LogP contribution is 2.28. The van der Waals surface area contributed by atoms with Crippen LogP contribution in [0.3, 0.4) is 0 Å². The van der Waals surface area contributed by atoms with Crippen LogP contribution in [0.4, 0.5) is 8.78 Å². The monoisotopic (exact) mass is 299 g/mol. The standard InChI is InChI=1S/C13H8ClF2NOS/c14-9-6-8(2-3-10(9)15)18-12-4-1-7(13(17)19)5-11(12)16/h1-6H,(H2,17,19). The van der Waals surface area contributed by atoms with Crippen molar-refractivity contribution in [1.29, 1.82) is 0 Å². The van der Waals surface area contributed by atoms with Gasteiger partial charge in [0.15, 0.2) is 11.6 Å². The normalized spacial score (nSPS) is 10.3. The molecule has 0 amide bonds. The van der Waals surface area contributed by atoms with E-state index in [0.717, 1.165) is 6.07 Å². The maximum atomic E-state index is 13.7. The third-order valence-corrected chi connectivity index (χ3v) is 2.86. The molecule has 19 heavy (non-hydrogen) atoms. The lowest BCUT2D eigenvalue weighted by Gasteiger charge is -2.08. The molecule has 0 saturated carbocycles. The topological polar surface area (TPSA) is 35.2 Å². The Balaban J connectivity index is 2.28. The van der Waals surface area contributed by atoms with E-state index in [4.69, 9.17) is 34.3 Å². The van der Waals surface area contributed by atoms with Gasteiger partial charge in [-0.05, 0) is 30.3 Å². The van der Waals surface area contributed by atoms with Crippen molar-refractivity contribution in [3.63, 3.8) is 0 Å². The van der Waals surface area contributed by atoms with Crippen molar-refractivity contribution in [3.8, 4) is 11.5 Å². The van der Waals surface area contributed by atoms with Crippen LogP contribution < -0.4 is 10.5 Å². The number of nitrogens with two attached hydrogens (primary N) is 1. The highest BCUT2D eigenvalue weighted by atomic mass is 35.5. The van der Waals surface area contributed by atoms with Crippen LogP contribution in [0, 0.1) is 11.6 Å². The molecule has 2 N–H and O–H groups in total. The predicted octanol–water partition coefficient (Wildman–Crippen LogP) is 4.04. The number of halogens is 3. The van der Waals surface area contributed by atoms with E-state index < -0.39 is 11.6 Å². The summed E-state index contributed by atoms with van der Waals surface area (Å²) in [4.78, 5) is 0.0928. The fraction of sp³-hybridized carbons (Fsp3) is 0. The maximum absolute atomic E-state index is 13.7. The molecule has 0 aliphatic rings. The van der Waals surface area contributed by atoms with Crippen molar-refractivity contribution < 1.29 is 13.5 Å². The van der Waals surface area contributed by atoms with Crippen molar-refractivity contribution in [3.05, 3.63) is 58.6 Å². The molecule has 0 spiro atoms. The van der Waals surface area contributed by atoms with Crippen LogP contribution in [0.2, 0.25) is 5.02 Å². The van der Waals surface area contributed by atoms with Crippen LogP contribution in [-0.2, 0) is 0 Å². The van der Waals surface area contributed by atoms with Gasteiger partial charge in [-0.3, -0.25) is 0 Å². The van der Waals surface area contributed by atoms with E-state index in [9.17, 15) is 8.78 Å². The van der Waals surface area contributed by atoms with Crippen molar-refractivity contribution in [1.82, 2.24) is 0 Å². The molecule has 2 aromatic carbocycles. The zero-order valence-electron chi connectivity index (χ0n) is 9.49. The summed E-state index contributed by atoms with van der Waals surface area (Å²) in [6, 6.07) is 7.84. The minimum Gasteiger partial charge on any atom is -0.454 e. The summed E-state index contributed by atoms with van der Waals surface area (Å²) in [5, 5.41) is -0.0994.